The summed E-state index contributed by atoms with van der Waals surface area (Å²) >= 11 is 0. The second-order valence-electron chi connectivity index (χ2n) is 4.27. The topological polar surface area (TPSA) is 20.2 Å². The number of hydrogen-bond donors (Lipinski definition) is 1. The maximum Gasteiger partial charge on any atom is 0.0897 e. The fourth-order valence-electron chi connectivity index (χ4n) is 2.26. The zero-order valence-electron chi connectivity index (χ0n) is 9.90. The first-order chi connectivity index (χ1) is 7.71. The highest BCUT2D eigenvalue weighted by Gasteiger charge is 2.26. The molecule has 0 aromatic heterocycles. The summed E-state index contributed by atoms with van der Waals surface area (Å²) < 4.78 is 0. The maximum atomic E-state index is 10.6. The molecular formula is C15H18O. The zero-order valence-corrected chi connectivity index (χ0v) is 9.90. The van der Waals surface area contributed by atoms with Crippen molar-refractivity contribution in [1.29, 1.82) is 0 Å². The predicted octanol–water partition coefficient (Wildman–Crippen LogP) is 3.85. The maximum absolute atomic E-state index is 10.6. The monoisotopic (exact) mass is 214 g/mol. The lowest BCUT2D eigenvalue weighted by Gasteiger charge is -2.27. The molecule has 2 rings (SSSR count). The fraction of sp³-hybridized carbons (Fsp3) is 0.333. The molecule has 0 aliphatic heterocycles. The van der Waals surface area contributed by atoms with Gasteiger partial charge in [0.25, 0.3) is 0 Å². The molecule has 2 aromatic rings. The molecule has 0 saturated heterocycles. The van der Waals surface area contributed by atoms with Crippen molar-refractivity contribution in [3.05, 3.63) is 48.0 Å². The van der Waals surface area contributed by atoms with Crippen molar-refractivity contribution in [3.8, 4) is 0 Å². The third-order valence-corrected chi connectivity index (χ3v) is 3.46. The van der Waals surface area contributed by atoms with Gasteiger partial charge in [-0.1, -0.05) is 56.3 Å². The van der Waals surface area contributed by atoms with Crippen molar-refractivity contribution in [2.24, 2.45) is 0 Å². The third-order valence-electron chi connectivity index (χ3n) is 3.46. The highest BCUT2D eigenvalue weighted by Crippen LogP contribution is 2.33. The van der Waals surface area contributed by atoms with Crippen LogP contribution < -0.4 is 0 Å². The van der Waals surface area contributed by atoms with Gasteiger partial charge in [-0.05, 0) is 29.2 Å². The standard InChI is InChI=1S/C15H18O/c1-3-15(16,4-2)14-11-7-9-12-8-5-6-10-13(12)14/h5-11,16H,3-4H2,1-2H3. The molecule has 16 heavy (non-hydrogen) atoms. The van der Waals surface area contributed by atoms with Crippen LogP contribution >= 0.6 is 0 Å². The van der Waals surface area contributed by atoms with E-state index >= 15 is 0 Å². The summed E-state index contributed by atoms with van der Waals surface area (Å²) in [6, 6.07) is 14.4. The van der Waals surface area contributed by atoms with E-state index in [1.54, 1.807) is 0 Å². The van der Waals surface area contributed by atoms with E-state index in [-0.39, 0.29) is 0 Å². The van der Waals surface area contributed by atoms with Crippen LogP contribution in [-0.4, -0.2) is 5.11 Å². The molecule has 0 bridgehead atoms. The SMILES string of the molecule is CCC(O)(CC)c1cccc2ccccc12. The van der Waals surface area contributed by atoms with Crippen molar-refractivity contribution >= 4 is 10.8 Å². The van der Waals surface area contributed by atoms with E-state index in [9.17, 15) is 5.11 Å². The average molecular weight is 214 g/mol. The Morgan fingerprint density at radius 3 is 2.25 bits per heavy atom. The van der Waals surface area contributed by atoms with Gasteiger partial charge in [0.05, 0.1) is 5.60 Å². The molecule has 0 aliphatic rings. The van der Waals surface area contributed by atoms with Gasteiger partial charge in [-0.3, -0.25) is 0 Å². The number of fused-ring (bicyclic) bond motifs is 1. The normalized spacial score (nSPS) is 11.9. The lowest BCUT2D eigenvalue weighted by Crippen LogP contribution is -2.23. The largest absolute Gasteiger partial charge is 0.385 e. The predicted molar refractivity (Wildman–Crippen MR) is 68.4 cm³/mol. The van der Waals surface area contributed by atoms with E-state index in [4.69, 9.17) is 0 Å². The van der Waals surface area contributed by atoms with E-state index in [0.29, 0.717) is 0 Å². The molecule has 84 valence electrons. The Morgan fingerprint density at radius 1 is 0.938 bits per heavy atom. The van der Waals surface area contributed by atoms with Crippen LogP contribution in [0.2, 0.25) is 0 Å². The van der Waals surface area contributed by atoms with E-state index in [2.05, 4.69) is 18.2 Å². The van der Waals surface area contributed by atoms with Gasteiger partial charge in [-0.25, -0.2) is 0 Å². The highest BCUT2D eigenvalue weighted by atomic mass is 16.3. The molecule has 0 saturated carbocycles. The molecule has 0 atom stereocenters. The molecule has 0 fully saturated rings. The molecule has 0 aliphatic carbocycles. The Bertz CT molecular complexity index is 478. The number of hydrogen-bond acceptors (Lipinski definition) is 1. The van der Waals surface area contributed by atoms with Crippen LogP contribution in [0.1, 0.15) is 32.3 Å². The van der Waals surface area contributed by atoms with Crippen LogP contribution in [0.5, 0.6) is 0 Å². The van der Waals surface area contributed by atoms with Crippen LogP contribution in [0.3, 0.4) is 0 Å². The first kappa shape index (κ1) is 11.2. The first-order valence-corrected chi connectivity index (χ1v) is 5.92. The van der Waals surface area contributed by atoms with E-state index in [0.717, 1.165) is 23.8 Å². The summed E-state index contributed by atoms with van der Waals surface area (Å²) in [6.07, 6.45) is 1.50. The molecule has 0 spiro atoms. The van der Waals surface area contributed by atoms with Crippen molar-refractivity contribution in [1.82, 2.24) is 0 Å². The first-order valence-electron chi connectivity index (χ1n) is 5.92. The second-order valence-corrected chi connectivity index (χ2v) is 4.27. The number of benzene rings is 2. The van der Waals surface area contributed by atoms with E-state index < -0.39 is 5.60 Å². The summed E-state index contributed by atoms with van der Waals surface area (Å²) in [5.41, 5.74) is 0.358. The van der Waals surface area contributed by atoms with Gasteiger partial charge in [-0.2, -0.15) is 0 Å². The summed E-state index contributed by atoms with van der Waals surface area (Å²) in [7, 11) is 0. The Morgan fingerprint density at radius 2 is 1.56 bits per heavy atom. The molecule has 1 N–H and O–H groups in total. The molecule has 1 nitrogen and oxygen atoms in total. The van der Waals surface area contributed by atoms with E-state index in [1.807, 2.05) is 38.1 Å². The van der Waals surface area contributed by atoms with Gasteiger partial charge in [0.2, 0.25) is 0 Å². The average Bonchev–Trinajstić information content (AvgIpc) is 2.37. The lowest BCUT2D eigenvalue weighted by atomic mass is 9.85. The molecular weight excluding hydrogens is 196 g/mol. The molecule has 0 radical (unpaired) electrons. The minimum absolute atomic E-state index is 0.694. The van der Waals surface area contributed by atoms with E-state index in [1.165, 1.54) is 5.39 Å². The summed E-state index contributed by atoms with van der Waals surface area (Å²) in [5, 5.41) is 13.0. The Hall–Kier alpha value is -1.34. The van der Waals surface area contributed by atoms with Crippen LogP contribution in [0.15, 0.2) is 42.5 Å². The van der Waals surface area contributed by atoms with Crippen LogP contribution in [-0.2, 0) is 5.60 Å². The second kappa shape index (κ2) is 4.26. The number of rotatable bonds is 3. The van der Waals surface area contributed by atoms with Crippen LogP contribution in [0.25, 0.3) is 10.8 Å². The minimum Gasteiger partial charge on any atom is -0.385 e. The van der Waals surface area contributed by atoms with Crippen molar-refractivity contribution in [2.45, 2.75) is 32.3 Å². The van der Waals surface area contributed by atoms with Crippen molar-refractivity contribution < 1.29 is 5.11 Å². The molecule has 0 unspecified atom stereocenters. The van der Waals surface area contributed by atoms with Crippen molar-refractivity contribution in [3.63, 3.8) is 0 Å². The Kier molecular flexibility index (Phi) is 2.97. The van der Waals surface area contributed by atoms with Crippen LogP contribution in [0, 0.1) is 0 Å². The molecule has 0 amide bonds. The smallest absolute Gasteiger partial charge is 0.0897 e. The lowest BCUT2D eigenvalue weighted by molar-refractivity contribution is 0.0299. The quantitative estimate of drug-likeness (QED) is 0.822. The number of aliphatic hydroxyl groups is 1. The third kappa shape index (κ3) is 1.72. The summed E-state index contributed by atoms with van der Waals surface area (Å²) in [6.45, 7) is 4.07. The molecule has 0 heterocycles. The summed E-state index contributed by atoms with van der Waals surface area (Å²) in [4.78, 5) is 0. The zero-order chi connectivity index (χ0) is 11.6. The summed E-state index contributed by atoms with van der Waals surface area (Å²) in [5.74, 6) is 0. The minimum atomic E-state index is -0.694. The molecule has 1 heteroatoms. The fourth-order valence-corrected chi connectivity index (χ4v) is 2.26. The van der Waals surface area contributed by atoms with Gasteiger partial charge in [-0.15, -0.1) is 0 Å². The highest BCUT2D eigenvalue weighted by molar-refractivity contribution is 5.86. The van der Waals surface area contributed by atoms with Gasteiger partial charge in [0.15, 0.2) is 0 Å². The van der Waals surface area contributed by atoms with Gasteiger partial charge in [0.1, 0.15) is 0 Å². The van der Waals surface area contributed by atoms with Gasteiger partial charge in [0, 0.05) is 0 Å². The van der Waals surface area contributed by atoms with Gasteiger partial charge < -0.3 is 5.11 Å². The Balaban J connectivity index is 2.69. The van der Waals surface area contributed by atoms with Crippen molar-refractivity contribution in [2.75, 3.05) is 0 Å². The Labute approximate surface area is 96.7 Å². The molecule has 2 aromatic carbocycles. The van der Waals surface area contributed by atoms with Gasteiger partial charge >= 0.3 is 0 Å². The van der Waals surface area contributed by atoms with Crippen LogP contribution in [0.4, 0.5) is 0 Å².